The summed E-state index contributed by atoms with van der Waals surface area (Å²) in [6.45, 7) is 4.19. The highest BCUT2D eigenvalue weighted by Gasteiger charge is 2.21. The van der Waals surface area contributed by atoms with Crippen LogP contribution in [0.1, 0.15) is 174 Å². The number of phosphoric ester groups is 1. The van der Waals surface area contributed by atoms with Gasteiger partial charge in [-0.25, -0.2) is 0 Å². The third-order valence-electron chi connectivity index (χ3n) is 8.54. The number of carbonyl (C=O) groups excluding carboxylic acids is 2. The first-order chi connectivity index (χ1) is 23.5. The van der Waals surface area contributed by atoms with Crippen molar-refractivity contribution in [3.05, 3.63) is 12.2 Å². The van der Waals surface area contributed by atoms with Gasteiger partial charge in [0.25, 0.3) is 7.82 Å². The molecule has 0 aliphatic rings. The maximum absolute atomic E-state index is 12.6. The van der Waals surface area contributed by atoms with E-state index in [1.165, 1.54) is 89.9 Å². The lowest BCUT2D eigenvalue weighted by Gasteiger charge is -2.28. The fourth-order valence-electron chi connectivity index (χ4n) is 5.35. The van der Waals surface area contributed by atoms with Crippen molar-refractivity contribution in [1.82, 2.24) is 0 Å². The fourth-order valence-corrected chi connectivity index (χ4v) is 6.08. The van der Waals surface area contributed by atoms with Crippen LogP contribution in [0.3, 0.4) is 0 Å². The van der Waals surface area contributed by atoms with E-state index in [1.54, 1.807) is 0 Å². The Morgan fingerprint density at radius 2 is 1.04 bits per heavy atom. The van der Waals surface area contributed by atoms with Crippen LogP contribution >= 0.6 is 7.82 Å². The van der Waals surface area contributed by atoms with Gasteiger partial charge in [-0.3, -0.25) is 14.2 Å². The van der Waals surface area contributed by atoms with Gasteiger partial charge in [-0.2, -0.15) is 0 Å². The van der Waals surface area contributed by atoms with Crippen molar-refractivity contribution < 1.29 is 42.1 Å². The first kappa shape index (κ1) is 47.8. The van der Waals surface area contributed by atoms with Crippen molar-refractivity contribution in [3.63, 3.8) is 0 Å². The van der Waals surface area contributed by atoms with Gasteiger partial charge in [0.15, 0.2) is 6.10 Å². The topological polar surface area (TPSA) is 111 Å². The highest BCUT2D eigenvalue weighted by molar-refractivity contribution is 7.45. The van der Waals surface area contributed by atoms with E-state index >= 15 is 0 Å². The summed E-state index contributed by atoms with van der Waals surface area (Å²) in [6.07, 6.45) is 31.0. The van der Waals surface area contributed by atoms with Gasteiger partial charge >= 0.3 is 11.9 Å². The third kappa shape index (κ3) is 36.3. The Labute approximate surface area is 301 Å². The summed E-state index contributed by atoms with van der Waals surface area (Å²) in [4.78, 5) is 37.3. The van der Waals surface area contributed by atoms with Gasteiger partial charge in [-0.05, 0) is 38.5 Å². The van der Waals surface area contributed by atoms with Crippen LogP contribution < -0.4 is 4.89 Å². The minimum absolute atomic E-state index is 0.0303. The summed E-state index contributed by atoms with van der Waals surface area (Å²) in [5.41, 5.74) is 0. The number of hydrogen-bond donors (Lipinski definition) is 0. The highest BCUT2D eigenvalue weighted by atomic mass is 31.2. The summed E-state index contributed by atoms with van der Waals surface area (Å²) in [5.74, 6) is -0.850. The average molecular weight is 718 g/mol. The molecule has 0 bridgehead atoms. The van der Waals surface area contributed by atoms with E-state index in [2.05, 4.69) is 26.0 Å². The number of allylic oxidation sites excluding steroid dienone is 2. The number of esters is 2. The van der Waals surface area contributed by atoms with Gasteiger partial charge in [-0.1, -0.05) is 135 Å². The largest absolute Gasteiger partial charge is 0.756 e. The van der Waals surface area contributed by atoms with E-state index in [1.807, 2.05) is 21.1 Å². The van der Waals surface area contributed by atoms with E-state index in [-0.39, 0.29) is 26.1 Å². The fraction of sp³-hybridized carbons (Fsp3) is 0.897. The van der Waals surface area contributed by atoms with Gasteiger partial charge in [0.2, 0.25) is 0 Å². The Hall–Kier alpha value is -1.25. The SMILES string of the molecule is CCCCCCCCCC/C=C/CCCCCC(=O)OC[C@@H](COP(=O)([O-])OCC[N+](C)(C)C)OC(=O)CCCCCCCCCCCC. The zero-order valence-corrected chi connectivity index (χ0v) is 33.3. The first-order valence-electron chi connectivity index (χ1n) is 19.9. The molecule has 0 radical (unpaired) electrons. The Kier molecular flexibility index (Phi) is 31.8. The van der Waals surface area contributed by atoms with Crippen molar-refractivity contribution in [2.45, 2.75) is 180 Å². The smallest absolute Gasteiger partial charge is 0.306 e. The van der Waals surface area contributed by atoms with Crippen LogP contribution in [0.4, 0.5) is 0 Å². The minimum atomic E-state index is -4.61. The van der Waals surface area contributed by atoms with Crippen LogP contribution in [-0.4, -0.2) is 70.0 Å². The lowest BCUT2D eigenvalue weighted by atomic mass is 10.1. The van der Waals surface area contributed by atoms with Crippen molar-refractivity contribution in [2.24, 2.45) is 0 Å². The number of carbonyl (C=O) groups is 2. The Morgan fingerprint density at radius 1 is 0.612 bits per heavy atom. The molecule has 0 saturated carbocycles. The molecule has 10 heteroatoms. The zero-order chi connectivity index (χ0) is 36.5. The quantitative estimate of drug-likeness (QED) is 0.0207. The summed E-state index contributed by atoms with van der Waals surface area (Å²) in [6, 6.07) is 0. The van der Waals surface area contributed by atoms with Crippen LogP contribution in [0, 0.1) is 0 Å². The number of nitrogens with zero attached hydrogens (tertiary/aromatic N) is 1. The van der Waals surface area contributed by atoms with Crippen molar-refractivity contribution in [2.75, 3.05) is 47.5 Å². The summed E-state index contributed by atoms with van der Waals surface area (Å²) >= 11 is 0. The van der Waals surface area contributed by atoms with E-state index in [0.717, 1.165) is 44.9 Å². The van der Waals surface area contributed by atoms with E-state index < -0.39 is 32.5 Å². The maximum Gasteiger partial charge on any atom is 0.306 e. The van der Waals surface area contributed by atoms with Gasteiger partial charge in [0, 0.05) is 12.8 Å². The van der Waals surface area contributed by atoms with Gasteiger partial charge in [-0.15, -0.1) is 0 Å². The molecule has 9 nitrogen and oxygen atoms in total. The minimum Gasteiger partial charge on any atom is -0.756 e. The Bertz CT molecular complexity index is 860. The number of ether oxygens (including phenoxy) is 2. The summed E-state index contributed by atoms with van der Waals surface area (Å²) in [7, 11) is 1.16. The van der Waals surface area contributed by atoms with Crippen LogP contribution in [0.5, 0.6) is 0 Å². The molecule has 0 aromatic carbocycles. The molecule has 2 atom stereocenters. The van der Waals surface area contributed by atoms with Crippen LogP contribution in [0.2, 0.25) is 0 Å². The lowest BCUT2D eigenvalue weighted by Crippen LogP contribution is -2.37. The molecule has 0 fully saturated rings. The third-order valence-corrected chi connectivity index (χ3v) is 9.50. The van der Waals surface area contributed by atoms with E-state index in [9.17, 15) is 19.0 Å². The molecule has 0 N–H and O–H groups in total. The summed E-state index contributed by atoms with van der Waals surface area (Å²) in [5, 5.41) is 0. The Balaban J connectivity index is 4.40. The number of quaternary nitrogens is 1. The molecule has 0 rings (SSSR count). The normalized spacial score (nSPS) is 13.8. The molecule has 0 saturated heterocycles. The molecule has 0 aliphatic carbocycles. The van der Waals surface area contributed by atoms with E-state index in [0.29, 0.717) is 23.9 Å². The number of unbranched alkanes of at least 4 members (excludes halogenated alkanes) is 20. The van der Waals surface area contributed by atoms with Crippen molar-refractivity contribution >= 4 is 19.8 Å². The molecule has 1 unspecified atom stereocenters. The lowest BCUT2D eigenvalue weighted by molar-refractivity contribution is -0.870. The molecule has 0 heterocycles. The molecule has 0 aliphatic heterocycles. The van der Waals surface area contributed by atoms with E-state index in [4.69, 9.17) is 18.5 Å². The second kappa shape index (κ2) is 32.6. The molecular formula is C39H76NO8P. The van der Waals surface area contributed by atoms with Gasteiger partial charge < -0.3 is 27.9 Å². The van der Waals surface area contributed by atoms with Crippen molar-refractivity contribution in [1.29, 1.82) is 0 Å². The molecule has 0 aromatic heterocycles. The van der Waals surface area contributed by atoms with Crippen LogP contribution in [-0.2, 0) is 32.7 Å². The Morgan fingerprint density at radius 3 is 1.53 bits per heavy atom. The summed E-state index contributed by atoms with van der Waals surface area (Å²) < 4.78 is 33.7. The number of hydrogen-bond acceptors (Lipinski definition) is 8. The predicted molar refractivity (Wildman–Crippen MR) is 199 cm³/mol. The molecule has 0 spiro atoms. The second-order valence-corrected chi connectivity index (χ2v) is 16.1. The highest BCUT2D eigenvalue weighted by Crippen LogP contribution is 2.38. The number of phosphoric acid groups is 1. The van der Waals surface area contributed by atoms with Crippen LogP contribution in [0.15, 0.2) is 12.2 Å². The molecular weight excluding hydrogens is 641 g/mol. The monoisotopic (exact) mass is 718 g/mol. The molecule has 290 valence electrons. The first-order valence-corrected chi connectivity index (χ1v) is 21.4. The molecule has 49 heavy (non-hydrogen) atoms. The molecule has 0 aromatic rings. The van der Waals surface area contributed by atoms with Crippen molar-refractivity contribution in [3.8, 4) is 0 Å². The predicted octanol–water partition coefficient (Wildman–Crippen LogP) is 10.00. The molecule has 0 amide bonds. The van der Waals surface area contributed by atoms with Crippen LogP contribution in [0.25, 0.3) is 0 Å². The van der Waals surface area contributed by atoms with Gasteiger partial charge in [0.05, 0.1) is 27.7 Å². The average Bonchev–Trinajstić information content (AvgIpc) is 3.04. The maximum atomic E-state index is 12.6. The number of likely N-dealkylation sites (N-methyl/N-ethyl adjacent to an activating group) is 1. The standard InChI is InChI=1S/C39H76NO8P/c1-6-8-10-12-14-16-18-19-20-21-22-24-25-27-29-31-38(41)45-35-37(36-47-49(43,44)46-34-33-40(3,4)5)48-39(42)32-30-28-26-23-17-15-13-11-9-7-2/h21-22,37H,6-20,23-36H2,1-5H3/b22-21+/t37-/m0/s1. The number of rotatable bonds is 36. The van der Waals surface area contributed by atoms with Gasteiger partial charge in [0.1, 0.15) is 19.8 Å². The zero-order valence-electron chi connectivity index (χ0n) is 32.4. The second-order valence-electron chi connectivity index (χ2n) is 14.7.